The first-order chi connectivity index (χ1) is 8.13. The minimum atomic E-state index is -0.859. The summed E-state index contributed by atoms with van der Waals surface area (Å²) in [6.45, 7) is 3.71. The fourth-order valence-electron chi connectivity index (χ4n) is 1.78. The number of carboxylic acid groups (broad SMARTS) is 1. The molecule has 1 saturated heterocycles. The van der Waals surface area contributed by atoms with Crippen LogP contribution in [0.3, 0.4) is 0 Å². The molecule has 1 aliphatic heterocycles. The average Bonchev–Trinajstić information content (AvgIpc) is 2.30. The third-order valence-corrected chi connectivity index (χ3v) is 3.88. The van der Waals surface area contributed by atoms with Crippen LogP contribution in [-0.2, 0) is 9.59 Å². The molecule has 0 radical (unpaired) electrons. The van der Waals surface area contributed by atoms with Crippen LogP contribution in [0.25, 0.3) is 0 Å². The third kappa shape index (κ3) is 5.41. The molecule has 0 spiro atoms. The van der Waals surface area contributed by atoms with Gasteiger partial charge in [-0.3, -0.25) is 9.59 Å². The first-order valence-electron chi connectivity index (χ1n) is 5.94. The van der Waals surface area contributed by atoms with Gasteiger partial charge in [0.2, 0.25) is 5.91 Å². The molecule has 1 rings (SSSR count). The summed E-state index contributed by atoms with van der Waals surface area (Å²) < 4.78 is 0. The zero-order chi connectivity index (χ0) is 12.7. The van der Waals surface area contributed by atoms with Gasteiger partial charge in [-0.1, -0.05) is 0 Å². The zero-order valence-corrected chi connectivity index (χ0v) is 11.0. The van der Waals surface area contributed by atoms with Crippen molar-refractivity contribution in [2.45, 2.75) is 25.8 Å². The fourth-order valence-corrected chi connectivity index (χ4v) is 2.73. The molecule has 1 atom stereocenters. The van der Waals surface area contributed by atoms with Crippen LogP contribution in [0.4, 0.5) is 0 Å². The van der Waals surface area contributed by atoms with Gasteiger partial charge in [-0.15, -0.1) is 0 Å². The van der Waals surface area contributed by atoms with Crippen molar-refractivity contribution in [2.75, 3.05) is 31.1 Å². The van der Waals surface area contributed by atoms with Crippen molar-refractivity contribution >= 4 is 23.6 Å². The van der Waals surface area contributed by atoms with Crippen molar-refractivity contribution in [3.8, 4) is 0 Å². The third-order valence-electron chi connectivity index (χ3n) is 2.75. The van der Waals surface area contributed by atoms with E-state index < -0.39 is 5.97 Å². The highest BCUT2D eigenvalue weighted by Crippen LogP contribution is 2.11. The molecule has 1 heterocycles. The number of carbonyl (C=O) groups excluding carboxylic acids is 1. The lowest BCUT2D eigenvalue weighted by atomic mass is 10.2. The molecule has 6 heteroatoms. The molecular weight excluding hydrogens is 240 g/mol. The molecule has 5 nitrogen and oxygen atoms in total. The highest BCUT2D eigenvalue weighted by atomic mass is 32.2. The van der Waals surface area contributed by atoms with E-state index in [1.54, 1.807) is 4.90 Å². The van der Waals surface area contributed by atoms with Gasteiger partial charge in [0.25, 0.3) is 0 Å². The second-order valence-electron chi connectivity index (χ2n) is 4.05. The van der Waals surface area contributed by atoms with Gasteiger partial charge < -0.3 is 15.3 Å². The molecule has 2 N–H and O–H groups in total. The number of carbonyl (C=O) groups is 2. The Bertz CT molecular complexity index is 267. The molecule has 1 unspecified atom stereocenters. The van der Waals surface area contributed by atoms with Crippen LogP contribution >= 0.6 is 11.8 Å². The molecule has 0 bridgehead atoms. The van der Waals surface area contributed by atoms with E-state index in [0.717, 1.165) is 18.1 Å². The first-order valence-corrected chi connectivity index (χ1v) is 7.09. The van der Waals surface area contributed by atoms with Gasteiger partial charge in [0.15, 0.2) is 0 Å². The number of amides is 1. The highest BCUT2D eigenvalue weighted by Gasteiger charge is 2.20. The minimum Gasteiger partial charge on any atom is -0.481 e. The van der Waals surface area contributed by atoms with E-state index >= 15 is 0 Å². The lowest BCUT2D eigenvalue weighted by Gasteiger charge is -2.26. The van der Waals surface area contributed by atoms with Gasteiger partial charge in [-0.2, -0.15) is 11.8 Å². The van der Waals surface area contributed by atoms with Gasteiger partial charge >= 0.3 is 5.97 Å². The quantitative estimate of drug-likeness (QED) is 0.723. The van der Waals surface area contributed by atoms with Gasteiger partial charge in [0.1, 0.15) is 0 Å². The molecular formula is C11H20N2O3S. The van der Waals surface area contributed by atoms with Crippen LogP contribution in [0, 0.1) is 0 Å². The van der Waals surface area contributed by atoms with Crippen LogP contribution in [0.5, 0.6) is 0 Å². The smallest absolute Gasteiger partial charge is 0.305 e. The summed E-state index contributed by atoms with van der Waals surface area (Å²) in [7, 11) is 0. The Labute approximate surface area is 106 Å². The van der Waals surface area contributed by atoms with Crippen molar-refractivity contribution < 1.29 is 14.7 Å². The zero-order valence-electron chi connectivity index (χ0n) is 10.1. The number of nitrogens with zero attached hydrogens (tertiary/aromatic N) is 1. The molecule has 0 aliphatic carbocycles. The number of aliphatic carboxylic acids is 1. The summed E-state index contributed by atoms with van der Waals surface area (Å²) in [6, 6.07) is 0.236. The molecule has 1 amide bonds. The van der Waals surface area contributed by atoms with Crippen LogP contribution in [0.2, 0.25) is 0 Å². The Hall–Kier alpha value is -0.750. The molecule has 0 aromatic rings. The number of hydrogen-bond donors (Lipinski definition) is 2. The van der Waals surface area contributed by atoms with E-state index in [1.165, 1.54) is 0 Å². The second-order valence-corrected chi connectivity index (χ2v) is 5.20. The first kappa shape index (κ1) is 14.3. The van der Waals surface area contributed by atoms with Crippen LogP contribution in [-0.4, -0.2) is 59.1 Å². The lowest BCUT2D eigenvalue weighted by Crippen LogP contribution is -2.43. The number of carboxylic acids is 1. The molecule has 0 saturated carbocycles. The molecule has 0 aromatic heterocycles. The number of rotatable bonds is 6. The molecule has 0 aromatic carbocycles. The summed E-state index contributed by atoms with van der Waals surface area (Å²) in [6.07, 6.45) is 0.493. The number of thioether (sulfide) groups is 1. The monoisotopic (exact) mass is 260 g/mol. The Morgan fingerprint density at radius 3 is 2.82 bits per heavy atom. The summed E-state index contributed by atoms with van der Waals surface area (Å²) in [5, 5.41) is 11.9. The Balaban J connectivity index is 2.34. The summed E-state index contributed by atoms with van der Waals surface area (Å²) in [4.78, 5) is 24.0. The normalized spacial score (nSPS) is 19.9. The molecule has 1 fully saturated rings. The van der Waals surface area contributed by atoms with Crippen molar-refractivity contribution in [3.63, 3.8) is 0 Å². The van der Waals surface area contributed by atoms with Crippen LogP contribution in [0.1, 0.15) is 19.8 Å². The van der Waals surface area contributed by atoms with E-state index in [2.05, 4.69) is 5.32 Å². The van der Waals surface area contributed by atoms with E-state index in [-0.39, 0.29) is 18.4 Å². The predicted octanol–water partition coefficient (Wildman–Crippen LogP) is 0.405. The van der Waals surface area contributed by atoms with Crippen molar-refractivity contribution in [3.05, 3.63) is 0 Å². The van der Waals surface area contributed by atoms with Crippen molar-refractivity contribution in [2.24, 2.45) is 0 Å². The van der Waals surface area contributed by atoms with E-state index in [4.69, 9.17) is 5.11 Å². The Kier molecular flexibility index (Phi) is 6.36. The molecule has 17 heavy (non-hydrogen) atoms. The SMILES string of the molecule is CCN(CCC(=O)O)C(=O)CC1CSCCN1. The minimum absolute atomic E-state index is 0.0203. The van der Waals surface area contributed by atoms with Crippen LogP contribution in [0.15, 0.2) is 0 Å². The average molecular weight is 260 g/mol. The largest absolute Gasteiger partial charge is 0.481 e. The summed E-state index contributed by atoms with van der Waals surface area (Å²) in [5.74, 6) is 1.25. The highest BCUT2D eigenvalue weighted by molar-refractivity contribution is 7.99. The number of nitrogens with one attached hydrogen (secondary N) is 1. The standard InChI is InChI=1S/C11H20N2O3S/c1-2-13(5-3-11(15)16)10(14)7-9-8-17-6-4-12-9/h9,12H,2-8H2,1H3,(H,15,16). The maximum absolute atomic E-state index is 11.9. The van der Waals surface area contributed by atoms with Crippen molar-refractivity contribution in [1.82, 2.24) is 10.2 Å². The topological polar surface area (TPSA) is 69.6 Å². The Morgan fingerprint density at radius 1 is 1.53 bits per heavy atom. The molecule has 1 aliphatic rings. The van der Waals surface area contributed by atoms with E-state index in [9.17, 15) is 9.59 Å². The van der Waals surface area contributed by atoms with E-state index in [0.29, 0.717) is 19.5 Å². The van der Waals surface area contributed by atoms with Gasteiger partial charge in [0, 0.05) is 43.6 Å². The van der Waals surface area contributed by atoms with Gasteiger partial charge in [-0.05, 0) is 6.92 Å². The van der Waals surface area contributed by atoms with E-state index in [1.807, 2.05) is 18.7 Å². The summed E-state index contributed by atoms with van der Waals surface area (Å²) in [5.41, 5.74) is 0. The number of hydrogen-bond acceptors (Lipinski definition) is 4. The fraction of sp³-hybridized carbons (Fsp3) is 0.818. The maximum atomic E-state index is 11.9. The van der Waals surface area contributed by atoms with Gasteiger partial charge in [0.05, 0.1) is 6.42 Å². The van der Waals surface area contributed by atoms with Crippen LogP contribution < -0.4 is 5.32 Å². The van der Waals surface area contributed by atoms with Crippen molar-refractivity contribution in [1.29, 1.82) is 0 Å². The van der Waals surface area contributed by atoms with Gasteiger partial charge in [-0.25, -0.2) is 0 Å². The molecule has 98 valence electrons. The summed E-state index contributed by atoms with van der Waals surface area (Å²) >= 11 is 1.86. The maximum Gasteiger partial charge on any atom is 0.305 e. The lowest BCUT2D eigenvalue weighted by molar-refractivity contribution is -0.138. The Morgan fingerprint density at radius 2 is 2.29 bits per heavy atom. The predicted molar refractivity (Wildman–Crippen MR) is 68.2 cm³/mol. The second kappa shape index (κ2) is 7.55.